The summed E-state index contributed by atoms with van der Waals surface area (Å²) in [7, 11) is 0. The topological polar surface area (TPSA) is 25.2 Å². The van der Waals surface area contributed by atoms with E-state index in [1.54, 1.807) is 0 Å². The SMILES string of the molecule is CCN1CCC(Cn2c(C)cc3c2CCCC3=O)C1. The van der Waals surface area contributed by atoms with Crippen molar-refractivity contribution >= 4 is 5.78 Å². The van der Waals surface area contributed by atoms with Crippen molar-refractivity contribution in [1.82, 2.24) is 9.47 Å². The van der Waals surface area contributed by atoms with Crippen LogP contribution >= 0.6 is 0 Å². The highest BCUT2D eigenvalue weighted by molar-refractivity contribution is 5.98. The molecule has 19 heavy (non-hydrogen) atoms. The quantitative estimate of drug-likeness (QED) is 0.835. The third-order valence-electron chi connectivity index (χ3n) is 4.79. The molecule has 3 rings (SSSR count). The monoisotopic (exact) mass is 260 g/mol. The average molecular weight is 260 g/mol. The van der Waals surface area contributed by atoms with E-state index < -0.39 is 0 Å². The summed E-state index contributed by atoms with van der Waals surface area (Å²) in [6.45, 7) is 9.12. The fourth-order valence-electron chi connectivity index (χ4n) is 3.65. The first-order valence-corrected chi connectivity index (χ1v) is 7.63. The highest BCUT2D eigenvalue weighted by Crippen LogP contribution is 2.27. The predicted molar refractivity (Wildman–Crippen MR) is 76.7 cm³/mol. The number of likely N-dealkylation sites (tertiary alicyclic amines) is 1. The Hall–Kier alpha value is -1.09. The molecule has 2 aliphatic rings. The lowest BCUT2D eigenvalue weighted by atomic mass is 9.96. The van der Waals surface area contributed by atoms with Crippen LogP contribution in [0.2, 0.25) is 0 Å². The van der Waals surface area contributed by atoms with E-state index in [4.69, 9.17) is 0 Å². The number of aromatic nitrogens is 1. The number of rotatable bonds is 3. The lowest BCUT2D eigenvalue weighted by Gasteiger charge is -2.19. The zero-order valence-corrected chi connectivity index (χ0v) is 12.1. The molecule has 1 aromatic heterocycles. The minimum Gasteiger partial charge on any atom is -0.348 e. The van der Waals surface area contributed by atoms with Gasteiger partial charge in [-0.3, -0.25) is 4.79 Å². The zero-order chi connectivity index (χ0) is 13.4. The van der Waals surface area contributed by atoms with Gasteiger partial charge < -0.3 is 9.47 Å². The second-order valence-electron chi connectivity index (χ2n) is 6.08. The lowest BCUT2D eigenvalue weighted by molar-refractivity contribution is 0.0971. The maximum Gasteiger partial charge on any atom is 0.164 e. The summed E-state index contributed by atoms with van der Waals surface area (Å²) < 4.78 is 2.43. The maximum atomic E-state index is 12.0. The van der Waals surface area contributed by atoms with Crippen molar-refractivity contribution in [3.05, 3.63) is 23.0 Å². The van der Waals surface area contributed by atoms with Crippen LogP contribution in [0.1, 0.15) is 47.9 Å². The average Bonchev–Trinajstić information content (AvgIpc) is 2.97. The Bertz CT molecular complexity index is 489. The molecule has 3 nitrogen and oxygen atoms in total. The van der Waals surface area contributed by atoms with Crippen LogP contribution in [-0.2, 0) is 13.0 Å². The maximum absolute atomic E-state index is 12.0. The Labute approximate surface area is 115 Å². The summed E-state index contributed by atoms with van der Waals surface area (Å²) in [5.74, 6) is 1.11. The Morgan fingerprint density at radius 1 is 1.37 bits per heavy atom. The van der Waals surface area contributed by atoms with E-state index in [1.165, 1.54) is 30.9 Å². The van der Waals surface area contributed by atoms with Crippen LogP contribution in [0.15, 0.2) is 6.07 Å². The second kappa shape index (κ2) is 5.12. The number of nitrogens with zero attached hydrogens (tertiary/aromatic N) is 2. The Balaban J connectivity index is 1.80. The molecule has 1 atom stereocenters. The Morgan fingerprint density at radius 3 is 2.95 bits per heavy atom. The van der Waals surface area contributed by atoms with E-state index >= 15 is 0 Å². The number of carbonyl (C=O) groups is 1. The van der Waals surface area contributed by atoms with E-state index in [0.29, 0.717) is 5.78 Å². The van der Waals surface area contributed by atoms with Crippen molar-refractivity contribution in [2.75, 3.05) is 19.6 Å². The largest absolute Gasteiger partial charge is 0.348 e. The predicted octanol–water partition coefficient (Wildman–Crippen LogP) is 2.66. The van der Waals surface area contributed by atoms with Crippen LogP contribution in [0, 0.1) is 12.8 Å². The van der Waals surface area contributed by atoms with Gasteiger partial charge in [0, 0.05) is 36.5 Å². The van der Waals surface area contributed by atoms with E-state index in [9.17, 15) is 4.79 Å². The second-order valence-corrected chi connectivity index (χ2v) is 6.08. The van der Waals surface area contributed by atoms with Gasteiger partial charge in [-0.1, -0.05) is 6.92 Å². The van der Waals surface area contributed by atoms with E-state index in [2.05, 4.69) is 29.4 Å². The molecular formula is C16H24N2O. The van der Waals surface area contributed by atoms with Gasteiger partial charge in [0.2, 0.25) is 0 Å². The van der Waals surface area contributed by atoms with Crippen molar-refractivity contribution in [3.8, 4) is 0 Å². The highest BCUT2D eigenvalue weighted by atomic mass is 16.1. The minimum atomic E-state index is 0.352. The summed E-state index contributed by atoms with van der Waals surface area (Å²) in [6.07, 6.45) is 4.15. The van der Waals surface area contributed by atoms with Gasteiger partial charge in [0.25, 0.3) is 0 Å². The standard InChI is InChI=1S/C16H24N2O/c1-3-17-8-7-13(10-17)11-18-12(2)9-14-15(18)5-4-6-16(14)19/h9,13H,3-8,10-11H2,1-2H3. The fourth-order valence-corrected chi connectivity index (χ4v) is 3.65. The normalized spacial score (nSPS) is 23.9. The summed E-state index contributed by atoms with van der Waals surface area (Å²) in [6, 6.07) is 2.11. The number of hydrogen-bond acceptors (Lipinski definition) is 2. The number of aryl methyl sites for hydroxylation is 1. The molecule has 3 heteroatoms. The van der Waals surface area contributed by atoms with E-state index in [0.717, 1.165) is 43.8 Å². The molecule has 1 unspecified atom stereocenters. The molecule has 0 amide bonds. The lowest BCUT2D eigenvalue weighted by Crippen LogP contribution is -2.22. The molecule has 1 aliphatic carbocycles. The molecule has 0 N–H and O–H groups in total. The Kier molecular flexibility index (Phi) is 3.48. The van der Waals surface area contributed by atoms with Gasteiger partial charge in [0.1, 0.15) is 0 Å². The molecule has 0 bridgehead atoms. The third kappa shape index (κ3) is 2.36. The van der Waals surface area contributed by atoms with E-state index in [1.807, 2.05) is 0 Å². The summed E-state index contributed by atoms with van der Waals surface area (Å²) in [5, 5.41) is 0. The first-order valence-electron chi connectivity index (χ1n) is 7.63. The fraction of sp³-hybridized carbons (Fsp3) is 0.688. The summed E-state index contributed by atoms with van der Waals surface area (Å²) in [5.41, 5.74) is 3.59. The Morgan fingerprint density at radius 2 is 2.21 bits per heavy atom. The first kappa shape index (κ1) is 12.9. The van der Waals surface area contributed by atoms with Crippen LogP contribution in [-0.4, -0.2) is 34.9 Å². The van der Waals surface area contributed by atoms with Crippen LogP contribution in [0.25, 0.3) is 0 Å². The van der Waals surface area contributed by atoms with Gasteiger partial charge >= 0.3 is 0 Å². The number of hydrogen-bond donors (Lipinski definition) is 0. The minimum absolute atomic E-state index is 0.352. The van der Waals surface area contributed by atoms with Gasteiger partial charge in [0.15, 0.2) is 5.78 Å². The highest BCUT2D eigenvalue weighted by Gasteiger charge is 2.26. The molecule has 1 fully saturated rings. The molecule has 104 valence electrons. The van der Waals surface area contributed by atoms with Crippen molar-refractivity contribution < 1.29 is 4.79 Å². The molecule has 1 saturated heterocycles. The molecule has 0 spiro atoms. The van der Waals surface area contributed by atoms with Crippen molar-refractivity contribution in [1.29, 1.82) is 0 Å². The van der Waals surface area contributed by atoms with Gasteiger partial charge in [-0.05, 0) is 51.3 Å². The number of fused-ring (bicyclic) bond motifs is 1. The van der Waals surface area contributed by atoms with E-state index in [-0.39, 0.29) is 0 Å². The number of carbonyl (C=O) groups excluding carboxylic acids is 1. The van der Waals surface area contributed by atoms with Crippen molar-refractivity contribution in [2.24, 2.45) is 5.92 Å². The van der Waals surface area contributed by atoms with Gasteiger partial charge in [0.05, 0.1) is 0 Å². The zero-order valence-electron chi connectivity index (χ0n) is 12.1. The molecule has 1 aromatic rings. The molecule has 2 heterocycles. The third-order valence-corrected chi connectivity index (χ3v) is 4.79. The van der Waals surface area contributed by atoms with Crippen LogP contribution in [0.3, 0.4) is 0 Å². The van der Waals surface area contributed by atoms with Crippen molar-refractivity contribution in [2.45, 2.75) is 46.1 Å². The van der Waals surface area contributed by atoms with Crippen LogP contribution in [0.5, 0.6) is 0 Å². The van der Waals surface area contributed by atoms with Crippen LogP contribution < -0.4 is 0 Å². The van der Waals surface area contributed by atoms with Gasteiger partial charge in [-0.15, -0.1) is 0 Å². The summed E-state index contributed by atoms with van der Waals surface area (Å²) >= 11 is 0. The van der Waals surface area contributed by atoms with Gasteiger partial charge in [-0.2, -0.15) is 0 Å². The molecule has 1 aliphatic heterocycles. The smallest absolute Gasteiger partial charge is 0.164 e. The molecule has 0 aromatic carbocycles. The van der Waals surface area contributed by atoms with Gasteiger partial charge in [-0.25, -0.2) is 0 Å². The molecule has 0 saturated carbocycles. The molecular weight excluding hydrogens is 236 g/mol. The first-order chi connectivity index (χ1) is 9.19. The number of Topliss-reactive ketones (excluding diaryl/α,β-unsaturated/α-hetero) is 1. The summed E-state index contributed by atoms with van der Waals surface area (Å²) in [4.78, 5) is 14.5. The molecule has 0 radical (unpaired) electrons. The van der Waals surface area contributed by atoms with Crippen molar-refractivity contribution in [3.63, 3.8) is 0 Å². The number of ketones is 1. The van der Waals surface area contributed by atoms with Crippen LogP contribution in [0.4, 0.5) is 0 Å².